The minimum absolute atomic E-state index is 0.102. The van der Waals surface area contributed by atoms with Gasteiger partial charge in [0.2, 0.25) is 0 Å². The van der Waals surface area contributed by atoms with Crippen molar-refractivity contribution in [2.24, 2.45) is 0 Å². The van der Waals surface area contributed by atoms with Crippen LogP contribution in [0, 0.1) is 6.92 Å². The van der Waals surface area contributed by atoms with Crippen molar-refractivity contribution >= 4 is 17.0 Å². The first-order valence-corrected chi connectivity index (χ1v) is 11.1. The molecule has 5 rings (SSSR count). The molecule has 1 fully saturated rings. The van der Waals surface area contributed by atoms with Crippen LogP contribution in [0.5, 0.6) is 11.5 Å². The standard InChI is InChI=1S/C24H28N4O4/c1-14-22-18(12-19(15-4-5-15)26-24(22)32-27-14)23(29)25-7-9-28-8-6-16-10-20(30-2)21(31-3)11-17(16)13-28/h10-12,15H,4-9,13H2,1-3H3,(H,25,29). The summed E-state index contributed by atoms with van der Waals surface area (Å²) in [5.74, 6) is 1.85. The summed E-state index contributed by atoms with van der Waals surface area (Å²) >= 11 is 0. The van der Waals surface area contributed by atoms with Crippen LogP contribution in [0.1, 0.15) is 51.6 Å². The van der Waals surface area contributed by atoms with Gasteiger partial charge in [0.25, 0.3) is 11.6 Å². The van der Waals surface area contributed by atoms with Crippen LogP contribution in [-0.4, -0.2) is 54.8 Å². The zero-order chi connectivity index (χ0) is 22.2. The SMILES string of the molecule is COc1cc2c(cc1OC)CN(CCNC(=O)c1cc(C3CC3)nc3onc(C)c13)CC2. The molecule has 2 aliphatic rings. The predicted molar refractivity (Wildman–Crippen MR) is 119 cm³/mol. The Morgan fingerprint density at radius 1 is 1.19 bits per heavy atom. The molecule has 8 heteroatoms. The number of aryl methyl sites for hydroxylation is 1. The van der Waals surface area contributed by atoms with Gasteiger partial charge in [0.05, 0.1) is 30.9 Å². The van der Waals surface area contributed by atoms with Gasteiger partial charge in [0.1, 0.15) is 0 Å². The Morgan fingerprint density at radius 2 is 1.94 bits per heavy atom. The van der Waals surface area contributed by atoms with Gasteiger partial charge in [-0.1, -0.05) is 5.16 Å². The summed E-state index contributed by atoms with van der Waals surface area (Å²) < 4.78 is 16.2. The molecular weight excluding hydrogens is 408 g/mol. The molecule has 1 N–H and O–H groups in total. The second-order valence-electron chi connectivity index (χ2n) is 8.58. The van der Waals surface area contributed by atoms with Gasteiger partial charge in [-0.3, -0.25) is 9.69 Å². The highest BCUT2D eigenvalue weighted by molar-refractivity contribution is 6.06. The molecule has 168 valence electrons. The van der Waals surface area contributed by atoms with Crippen LogP contribution in [0.25, 0.3) is 11.1 Å². The van der Waals surface area contributed by atoms with Crippen molar-refractivity contribution in [3.8, 4) is 11.5 Å². The van der Waals surface area contributed by atoms with E-state index in [1.54, 1.807) is 14.2 Å². The molecule has 1 amide bonds. The van der Waals surface area contributed by atoms with Crippen molar-refractivity contribution in [2.45, 2.75) is 38.6 Å². The van der Waals surface area contributed by atoms with Gasteiger partial charge in [-0.25, -0.2) is 4.98 Å². The maximum Gasteiger partial charge on any atom is 0.259 e. The summed E-state index contributed by atoms with van der Waals surface area (Å²) in [5, 5.41) is 7.81. The van der Waals surface area contributed by atoms with E-state index >= 15 is 0 Å². The van der Waals surface area contributed by atoms with Gasteiger partial charge in [0.15, 0.2) is 11.5 Å². The predicted octanol–water partition coefficient (Wildman–Crippen LogP) is 3.21. The molecule has 0 saturated heterocycles. The third-order valence-corrected chi connectivity index (χ3v) is 6.39. The topological polar surface area (TPSA) is 89.7 Å². The number of pyridine rings is 1. The van der Waals surface area contributed by atoms with E-state index in [0.29, 0.717) is 34.8 Å². The number of rotatable bonds is 7. The van der Waals surface area contributed by atoms with E-state index in [2.05, 4.69) is 32.5 Å². The lowest BCUT2D eigenvalue weighted by Gasteiger charge is -2.29. The normalized spacial score (nSPS) is 16.1. The highest BCUT2D eigenvalue weighted by Gasteiger charge is 2.28. The number of nitrogens with zero attached hydrogens (tertiary/aromatic N) is 3. The van der Waals surface area contributed by atoms with Crippen molar-refractivity contribution < 1.29 is 18.8 Å². The smallest absolute Gasteiger partial charge is 0.259 e. The molecule has 32 heavy (non-hydrogen) atoms. The number of hydrogen-bond donors (Lipinski definition) is 1. The highest BCUT2D eigenvalue weighted by Crippen LogP contribution is 2.40. The number of benzene rings is 1. The Morgan fingerprint density at radius 3 is 2.66 bits per heavy atom. The summed E-state index contributed by atoms with van der Waals surface area (Å²) in [6, 6.07) is 6.04. The lowest BCUT2D eigenvalue weighted by molar-refractivity contribution is 0.0948. The Kier molecular flexibility index (Phi) is 5.46. The van der Waals surface area contributed by atoms with Crippen molar-refractivity contribution in [1.82, 2.24) is 20.4 Å². The third-order valence-electron chi connectivity index (χ3n) is 6.39. The molecule has 0 bridgehead atoms. The van der Waals surface area contributed by atoms with Gasteiger partial charge < -0.3 is 19.3 Å². The minimum Gasteiger partial charge on any atom is -0.493 e. The van der Waals surface area contributed by atoms with E-state index in [9.17, 15) is 4.79 Å². The summed E-state index contributed by atoms with van der Waals surface area (Å²) in [6.07, 6.45) is 3.17. The molecular formula is C24H28N4O4. The van der Waals surface area contributed by atoms with Gasteiger partial charge in [-0.15, -0.1) is 0 Å². The van der Waals surface area contributed by atoms with E-state index in [4.69, 9.17) is 14.0 Å². The van der Waals surface area contributed by atoms with Crippen molar-refractivity contribution in [3.05, 3.63) is 46.3 Å². The van der Waals surface area contributed by atoms with Crippen LogP contribution in [0.2, 0.25) is 0 Å². The molecule has 1 aliphatic carbocycles. The number of methoxy groups -OCH3 is 2. The van der Waals surface area contributed by atoms with Gasteiger partial charge in [-0.05, 0) is 55.5 Å². The first-order chi connectivity index (χ1) is 15.6. The Labute approximate surface area is 186 Å². The molecule has 1 aromatic carbocycles. The second-order valence-corrected chi connectivity index (χ2v) is 8.58. The maximum atomic E-state index is 13.0. The monoisotopic (exact) mass is 436 g/mol. The number of ether oxygens (including phenoxy) is 2. The molecule has 0 atom stereocenters. The van der Waals surface area contributed by atoms with Crippen LogP contribution >= 0.6 is 0 Å². The zero-order valence-electron chi connectivity index (χ0n) is 18.7. The first-order valence-electron chi connectivity index (χ1n) is 11.1. The fraction of sp³-hybridized carbons (Fsp3) is 0.458. The summed E-state index contributed by atoms with van der Waals surface area (Å²) in [7, 11) is 3.32. The third kappa shape index (κ3) is 3.90. The number of aromatic nitrogens is 2. The molecule has 1 aliphatic heterocycles. The molecule has 8 nitrogen and oxygen atoms in total. The van der Waals surface area contributed by atoms with E-state index in [0.717, 1.165) is 56.1 Å². The van der Waals surface area contributed by atoms with E-state index in [1.807, 2.05) is 13.0 Å². The summed E-state index contributed by atoms with van der Waals surface area (Å²) in [4.78, 5) is 20.0. The molecule has 0 radical (unpaired) electrons. The molecule has 1 saturated carbocycles. The fourth-order valence-corrected chi connectivity index (χ4v) is 4.44. The largest absolute Gasteiger partial charge is 0.493 e. The van der Waals surface area contributed by atoms with E-state index in [1.165, 1.54) is 11.1 Å². The van der Waals surface area contributed by atoms with Gasteiger partial charge in [0, 0.05) is 37.8 Å². The van der Waals surface area contributed by atoms with Gasteiger partial charge >= 0.3 is 0 Å². The minimum atomic E-state index is -0.102. The van der Waals surface area contributed by atoms with Crippen molar-refractivity contribution in [1.29, 1.82) is 0 Å². The van der Waals surface area contributed by atoms with E-state index in [-0.39, 0.29) is 5.91 Å². The summed E-state index contributed by atoms with van der Waals surface area (Å²) in [5.41, 5.74) is 5.21. The van der Waals surface area contributed by atoms with E-state index < -0.39 is 0 Å². The number of nitrogens with one attached hydrogen (secondary N) is 1. The van der Waals surface area contributed by atoms with Gasteiger partial charge in [-0.2, -0.15) is 0 Å². The Balaban J connectivity index is 1.25. The fourth-order valence-electron chi connectivity index (χ4n) is 4.44. The highest BCUT2D eigenvalue weighted by atomic mass is 16.5. The number of carbonyl (C=O) groups excluding carboxylic acids is 1. The number of hydrogen-bond acceptors (Lipinski definition) is 7. The molecule has 3 aromatic rings. The Hall–Kier alpha value is -3.13. The van der Waals surface area contributed by atoms with Crippen LogP contribution in [-0.2, 0) is 13.0 Å². The lowest BCUT2D eigenvalue weighted by Crippen LogP contribution is -2.38. The number of carbonyl (C=O) groups is 1. The van der Waals surface area contributed by atoms with Crippen LogP contribution in [0.4, 0.5) is 0 Å². The van der Waals surface area contributed by atoms with Crippen LogP contribution in [0.15, 0.2) is 22.7 Å². The maximum absolute atomic E-state index is 13.0. The van der Waals surface area contributed by atoms with Crippen molar-refractivity contribution in [3.63, 3.8) is 0 Å². The molecule has 0 spiro atoms. The average molecular weight is 437 g/mol. The first kappa shape index (κ1) is 20.8. The zero-order valence-corrected chi connectivity index (χ0v) is 18.7. The summed E-state index contributed by atoms with van der Waals surface area (Å²) in [6.45, 7) is 4.94. The number of amides is 1. The average Bonchev–Trinajstić information content (AvgIpc) is 3.60. The van der Waals surface area contributed by atoms with Crippen molar-refractivity contribution in [2.75, 3.05) is 33.9 Å². The number of fused-ring (bicyclic) bond motifs is 2. The molecule has 0 unspecified atom stereocenters. The molecule has 2 aromatic heterocycles. The lowest BCUT2D eigenvalue weighted by atomic mass is 9.99. The second kappa shape index (κ2) is 8.43. The van der Waals surface area contributed by atoms with Crippen LogP contribution in [0.3, 0.4) is 0 Å². The molecule has 3 heterocycles. The van der Waals surface area contributed by atoms with Crippen LogP contribution < -0.4 is 14.8 Å². The quantitative estimate of drug-likeness (QED) is 0.608. The Bertz CT molecular complexity index is 1170.